The van der Waals surface area contributed by atoms with E-state index in [0.29, 0.717) is 6.42 Å². The highest BCUT2D eigenvalue weighted by atomic mass is 16.6. The van der Waals surface area contributed by atoms with Crippen LogP contribution in [0.4, 0.5) is 4.79 Å². The number of carbonyl (C=O) groups is 3. The smallest absolute Gasteiger partial charge is 0.414 e. The Kier molecular flexibility index (Phi) is 7.40. The summed E-state index contributed by atoms with van der Waals surface area (Å²) in [5, 5.41) is 0. The van der Waals surface area contributed by atoms with E-state index in [2.05, 4.69) is 0 Å². The van der Waals surface area contributed by atoms with E-state index < -0.39 is 23.9 Å². The molecule has 1 heterocycles. The highest BCUT2D eigenvalue weighted by Crippen LogP contribution is 2.26. The number of carbonyl (C=O) groups excluding carboxylic acids is 3. The lowest BCUT2D eigenvalue weighted by atomic mass is 10.1. The molecule has 0 fully saturated rings. The molecule has 7 heteroatoms. The number of nitrogens with zero attached hydrogens (tertiary/aromatic N) is 1. The lowest BCUT2D eigenvalue weighted by Crippen LogP contribution is -2.31. The van der Waals surface area contributed by atoms with E-state index in [1.54, 1.807) is 13.8 Å². The largest absolute Gasteiger partial charge is 0.465 e. The fraction of sp³-hybridized carbons (Fsp3) is 0.450. The van der Waals surface area contributed by atoms with Crippen LogP contribution >= 0.6 is 0 Å². The maximum absolute atomic E-state index is 12.3. The zero-order valence-electron chi connectivity index (χ0n) is 15.8. The van der Waals surface area contributed by atoms with Gasteiger partial charge in [-0.3, -0.25) is 14.5 Å². The fourth-order valence-corrected chi connectivity index (χ4v) is 2.43. The highest BCUT2D eigenvalue weighted by molar-refractivity contribution is 5.81. The Morgan fingerprint density at radius 3 is 2.48 bits per heavy atom. The molecule has 2 unspecified atom stereocenters. The van der Waals surface area contributed by atoms with Crippen molar-refractivity contribution in [1.29, 1.82) is 0 Å². The molecule has 0 aliphatic carbocycles. The summed E-state index contributed by atoms with van der Waals surface area (Å²) < 4.78 is 15.7. The molecule has 1 aromatic rings. The first-order valence-electron chi connectivity index (χ1n) is 9.03. The SMILES string of the molecule is CCOC(=O)C1CN(C(=O)OCc2ccccc2)C=C1OC(=O)C(C)CC. The van der Waals surface area contributed by atoms with Crippen molar-refractivity contribution < 1.29 is 28.6 Å². The third-order valence-electron chi connectivity index (χ3n) is 4.25. The maximum Gasteiger partial charge on any atom is 0.414 e. The second-order valence-corrected chi connectivity index (χ2v) is 6.26. The van der Waals surface area contributed by atoms with Crippen LogP contribution in [0.25, 0.3) is 0 Å². The minimum atomic E-state index is -0.845. The van der Waals surface area contributed by atoms with Crippen molar-refractivity contribution in [1.82, 2.24) is 4.90 Å². The van der Waals surface area contributed by atoms with Gasteiger partial charge in [0.2, 0.25) is 0 Å². The van der Waals surface area contributed by atoms with Crippen molar-refractivity contribution in [3.63, 3.8) is 0 Å². The molecule has 146 valence electrons. The molecule has 1 aliphatic rings. The van der Waals surface area contributed by atoms with Crippen molar-refractivity contribution in [2.45, 2.75) is 33.8 Å². The highest BCUT2D eigenvalue weighted by Gasteiger charge is 2.38. The molecule has 1 amide bonds. The van der Waals surface area contributed by atoms with Crippen molar-refractivity contribution in [2.24, 2.45) is 11.8 Å². The van der Waals surface area contributed by atoms with Gasteiger partial charge in [-0.1, -0.05) is 44.2 Å². The average Bonchev–Trinajstić information content (AvgIpc) is 3.10. The Morgan fingerprint density at radius 2 is 1.85 bits per heavy atom. The summed E-state index contributed by atoms with van der Waals surface area (Å²) in [6.07, 6.45) is 1.33. The van der Waals surface area contributed by atoms with Gasteiger partial charge in [-0.05, 0) is 18.9 Å². The van der Waals surface area contributed by atoms with Gasteiger partial charge in [0, 0.05) is 12.7 Å². The van der Waals surface area contributed by atoms with Crippen molar-refractivity contribution >= 4 is 18.0 Å². The third kappa shape index (κ3) is 5.57. The average molecular weight is 375 g/mol. The van der Waals surface area contributed by atoms with E-state index in [9.17, 15) is 14.4 Å². The van der Waals surface area contributed by atoms with Crippen LogP contribution in [-0.4, -0.2) is 36.1 Å². The van der Waals surface area contributed by atoms with Gasteiger partial charge in [-0.15, -0.1) is 0 Å². The van der Waals surface area contributed by atoms with Crippen LogP contribution in [0.5, 0.6) is 0 Å². The quantitative estimate of drug-likeness (QED) is 0.537. The monoisotopic (exact) mass is 375 g/mol. The third-order valence-corrected chi connectivity index (χ3v) is 4.25. The molecule has 27 heavy (non-hydrogen) atoms. The minimum Gasteiger partial charge on any atom is -0.465 e. The lowest BCUT2D eigenvalue weighted by molar-refractivity contribution is -0.150. The van der Waals surface area contributed by atoms with E-state index in [-0.39, 0.29) is 31.4 Å². The first kappa shape index (κ1) is 20.5. The minimum absolute atomic E-state index is 0.00950. The molecule has 1 aromatic carbocycles. The van der Waals surface area contributed by atoms with E-state index in [1.165, 1.54) is 11.1 Å². The molecular formula is C20H25NO6. The van der Waals surface area contributed by atoms with Crippen LogP contribution in [0.2, 0.25) is 0 Å². The van der Waals surface area contributed by atoms with Crippen LogP contribution in [0.1, 0.15) is 32.8 Å². The Morgan fingerprint density at radius 1 is 1.15 bits per heavy atom. The lowest BCUT2D eigenvalue weighted by Gasteiger charge is -2.16. The molecule has 0 saturated carbocycles. The van der Waals surface area contributed by atoms with E-state index in [4.69, 9.17) is 14.2 Å². The summed E-state index contributed by atoms with van der Waals surface area (Å²) in [4.78, 5) is 37.8. The summed E-state index contributed by atoms with van der Waals surface area (Å²) in [7, 11) is 0. The maximum atomic E-state index is 12.3. The molecule has 1 aliphatic heterocycles. The van der Waals surface area contributed by atoms with Gasteiger partial charge in [0.15, 0.2) is 0 Å². The molecule has 0 N–H and O–H groups in total. The number of ether oxygens (including phenoxy) is 3. The second-order valence-electron chi connectivity index (χ2n) is 6.26. The molecule has 2 atom stereocenters. The molecule has 0 spiro atoms. The van der Waals surface area contributed by atoms with Crippen LogP contribution in [0.15, 0.2) is 42.3 Å². The zero-order chi connectivity index (χ0) is 19.8. The number of esters is 2. The number of hydrogen-bond donors (Lipinski definition) is 0. The van der Waals surface area contributed by atoms with Crippen LogP contribution < -0.4 is 0 Å². The Bertz CT molecular complexity index is 700. The van der Waals surface area contributed by atoms with Gasteiger partial charge >= 0.3 is 18.0 Å². The summed E-state index contributed by atoms with van der Waals surface area (Å²) in [6.45, 7) is 5.60. The van der Waals surface area contributed by atoms with E-state index in [0.717, 1.165) is 5.56 Å². The predicted molar refractivity (Wildman–Crippen MR) is 97.1 cm³/mol. The summed E-state index contributed by atoms with van der Waals surface area (Å²) in [6, 6.07) is 9.25. The first-order valence-corrected chi connectivity index (χ1v) is 9.03. The van der Waals surface area contributed by atoms with Crippen LogP contribution in [0, 0.1) is 11.8 Å². The molecule has 0 radical (unpaired) electrons. The Labute approximate surface area is 158 Å². The molecule has 0 saturated heterocycles. The Balaban J connectivity index is 2.06. The van der Waals surface area contributed by atoms with Gasteiger partial charge in [-0.2, -0.15) is 0 Å². The normalized spacial score (nSPS) is 17.1. The molecule has 0 aromatic heterocycles. The number of benzene rings is 1. The van der Waals surface area contributed by atoms with Crippen molar-refractivity contribution in [2.75, 3.05) is 13.2 Å². The first-order chi connectivity index (χ1) is 13.0. The van der Waals surface area contributed by atoms with Crippen molar-refractivity contribution in [3.05, 3.63) is 47.9 Å². The summed E-state index contributed by atoms with van der Waals surface area (Å²) in [5.74, 6) is -2.04. The number of rotatable bonds is 7. The fourth-order valence-electron chi connectivity index (χ4n) is 2.43. The predicted octanol–water partition coefficient (Wildman–Crippen LogP) is 3.25. The number of amides is 1. The molecule has 7 nitrogen and oxygen atoms in total. The second kappa shape index (κ2) is 9.75. The van der Waals surface area contributed by atoms with Gasteiger partial charge in [-0.25, -0.2) is 4.79 Å². The molecular weight excluding hydrogens is 350 g/mol. The van der Waals surface area contributed by atoms with Gasteiger partial charge in [0.05, 0.1) is 12.5 Å². The summed E-state index contributed by atoms with van der Waals surface area (Å²) in [5.41, 5.74) is 0.847. The van der Waals surface area contributed by atoms with Crippen LogP contribution in [-0.2, 0) is 30.4 Å². The van der Waals surface area contributed by atoms with Crippen LogP contribution in [0.3, 0.4) is 0 Å². The Hall–Kier alpha value is -2.83. The van der Waals surface area contributed by atoms with Gasteiger partial charge in [0.1, 0.15) is 18.3 Å². The number of hydrogen-bond acceptors (Lipinski definition) is 6. The van der Waals surface area contributed by atoms with E-state index >= 15 is 0 Å². The van der Waals surface area contributed by atoms with Crippen molar-refractivity contribution in [3.8, 4) is 0 Å². The standard InChI is InChI=1S/C20H25NO6/c1-4-14(3)18(22)27-17-12-21(11-16(17)19(23)25-5-2)20(24)26-13-15-9-7-6-8-10-15/h6-10,12,14,16H,4-5,11,13H2,1-3H3. The zero-order valence-corrected chi connectivity index (χ0v) is 15.8. The van der Waals surface area contributed by atoms with Gasteiger partial charge < -0.3 is 14.2 Å². The van der Waals surface area contributed by atoms with Gasteiger partial charge in [0.25, 0.3) is 0 Å². The van der Waals surface area contributed by atoms with E-state index in [1.807, 2.05) is 37.3 Å². The topological polar surface area (TPSA) is 82.1 Å². The molecule has 2 rings (SSSR count). The summed E-state index contributed by atoms with van der Waals surface area (Å²) >= 11 is 0. The molecule has 0 bridgehead atoms.